The van der Waals surface area contributed by atoms with Gasteiger partial charge in [0, 0.05) is 0 Å². The Morgan fingerprint density at radius 2 is 2.10 bits per heavy atom. The summed E-state index contributed by atoms with van der Waals surface area (Å²) in [6, 6.07) is 0. The van der Waals surface area contributed by atoms with Crippen LogP contribution in [0.25, 0.3) is 0 Å². The highest BCUT2D eigenvalue weighted by Gasteiger charge is 1.87. The van der Waals surface area contributed by atoms with Crippen LogP contribution in [0.15, 0.2) is 12.2 Å². The molecule has 1 heteroatoms. The van der Waals surface area contributed by atoms with Crippen molar-refractivity contribution in [3.8, 4) is 0 Å². The number of unbranched alkanes of at least 4 members (excludes halogenated alkanes) is 2. The molecule has 1 nitrogen and oxygen atoms in total. The van der Waals surface area contributed by atoms with Gasteiger partial charge in [0.25, 0.3) is 0 Å². The summed E-state index contributed by atoms with van der Waals surface area (Å²) in [5.74, 6) is 0. The van der Waals surface area contributed by atoms with Crippen molar-refractivity contribution in [1.82, 2.24) is 0 Å². The number of rotatable bonds is 5. The van der Waals surface area contributed by atoms with E-state index >= 15 is 0 Å². The molecule has 0 aliphatic rings. The molecule has 0 spiro atoms. The van der Waals surface area contributed by atoms with Gasteiger partial charge >= 0.3 is 0 Å². The van der Waals surface area contributed by atoms with Crippen LogP contribution in [0.2, 0.25) is 0 Å². The van der Waals surface area contributed by atoms with Gasteiger partial charge < -0.3 is 5.11 Å². The van der Waals surface area contributed by atoms with Gasteiger partial charge in [-0.1, -0.05) is 31.9 Å². The van der Waals surface area contributed by atoms with Crippen LogP contribution in [0.3, 0.4) is 0 Å². The average molecular weight is 142 g/mol. The molecular weight excluding hydrogens is 124 g/mol. The molecule has 0 aromatic carbocycles. The van der Waals surface area contributed by atoms with Gasteiger partial charge in [0.15, 0.2) is 0 Å². The maximum absolute atomic E-state index is 8.86. The number of hydrogen-bond donors (Lipinski definition) is 1. The van der Waals surface area contributed by atoms with Crippen molar-refractivity contribution >= 4 is 0 Å². The first-order valence-electron chi connectivity index (χ1n) is 4.10. The summed E-state index contributed by atoms with van der Waals surface area (Å²) in [5, 5.41) is 8.86. The van der Waals surface area contributed by atoms with Crippen LogP contribution in [0.1, 0.15) is 39.5 Å². The third kappa shape index (κ3) is 7.70. The highest BCUT2D eigenvalue weighted by atomic mass is 16.3. The van der Waals surface area contributed by atoms with Crippen molar-refractivity contribution < 1.29 is 5.11 Å². The minimum Gasteiger partial charge on any atom is -0.393 e. The van der Waals surface area contributed by atoms with Gasteiger partial charge in [-0.25, -0.2) is 0 Å². The molecule has 0 aliphatic heterocycles. The lowest BCUT2D eigenvalue weighted by molar-refractivity contribution is 0.198. The summed E-state index contributed by atoms with van der Waals surface area (Å²) >= 11 is 0. The van der Waals surface area contributed by atoms with Crippen LogP contribution in [0, 0.1) is 0 Å². The summed E-state index contributed by atoms with van der Waals surface area (Å²) in [5.41, 5.74) is 0. The van der Waals surface area contributed by atoms with E-state index in [1.807, 2.05) is 6.92 Å². The Balaban J connectivity index is 3.04. The molecule has 0 amide bonds. The monoisotopic (exact) mass is 142 g/mol. The Labute approximate surface area is 63.8 Å². The standard InChI is InChI=1S/C9H18O/c1-3-4-5-6-7-8-9(2)10/h6-7,9-10H,3-5,8H2,1-2H3. The number of hydrogen-bond acceptors (Lipinski definition) is 1. The van der Waals surface area contributed by atoms with Crippen LogP contribution in [-0.2, 0) is 0 Å². The average Bonchev–Trinajstić information content (AvgIpc) is 1.87. The lowest BCUT2D eigenvalue weighted by Crippen LogP contribution is -1.95. The van der Waals surface area contributed by atoms with Crippen LogP contribution in [0.4, 0.5) is 0 Å². The van der Waals surface area contributed by atoms with Crippen molar-refractivity contribution in [3.63, 3.8) is 0 Å². The lowest BCUT2D eigenvalue weighted by Gasteiger charge is -1.95. The maximum Gasteiger partial charge on any atom is 0.0546 e. The van der Waals surface area contributed by atoms with E-state index in [1.54, 1.807) is 0 Å². The summed E-state index contributed by atoms with van der Waals surface area (Å²) in [6.07, 6.45) is 8.48. The summed E-state index contributed by atoms with van der Waals surface area (Å²) in [4.78, 5) is 0. The van der Waals surface area contributed by atoms with E-state index in [0.29, 0.717) is 0 Å². The van der Waals surface area contributed by atoms with Crippen molar-refractivity contribution in [1.29, 1.82) is 0 Å². The van der Waals surface area contributed by atoms with Gasteiger partial charge in [-0.05, 0) is 19.8 Å². The molecule has 0 saturated carbocycles. The molecule has 0 aromatic heterocycles. The lowest BCUT2D eigenvalue weighted by atomic mass is 10.2. The van der Waals surface area contributed by atoms with E-state index in [-0.39, 0.29) is 6.10 Å². The predicted octanol–water partition coefficient (Wildman–Crippen LogP) is 2.50. The Morgan fingerprint density at radius 1 is 1.40 bits per heavy atom. The van der Waals surface area contributed by atoms with E-state index in [0.717, 1.165) is 12.8 Å². The second-order valence-electron chi connectivity index (χ2n) is 2.70. The maximum atomic E-state index is 8.86. The third-order valence-electron chi connectivity index (χ3n) is 1.37. The fourth-order valence-electron chi connectivity index (χ4n) is 0.733. The quantitative estimate of drug-likeness (QED) is 0.462. The second kappa shape index (κ2) is 6.81. The molecule has 0 bridgehead atoms. The Bertz CT molecular complexity index is 84.7. The molecule has 0 fully saturated rings. The Hall–Kier alpha value is -0.300. The number of aliphatic hydroxyl groups is 1. The highest BCUT2D eigenvalue weighted by molar-refractivity contribution is 4.82. The normalized spacial score (nSPS) is 14.3. The molecule has 0 radical (unpaired) electrons. The van der Waals surface area contributed by atoms with Crippen molar-refractivity contribution in [2.75, 3.05) is 0 Å². The fourth-order valence-corrected chi connectivity index (χ4v) is 0.733. The highest BCUT2D eigenvalue weighted by Crippen LogP contribution is 1.97. The second-order valence-corrected chi connectivity index (χ2v) is 2.70. The van der Waals surface area contributed by atoms with Gasteiger partial charge in [0.05, 0.1) is 6.10 Å². The van der Waals surface area contributed by atoms with Crippen LogP contribution < -0.4 is 0 Å². The molecule has 0 heterocycles. The zero-order chi connectivity index (χ0) is 7.82. The van der Waals surface area contributed by atoms with Gasteiger partial charge in [0.2, 0.25) is 0 Å². The van der Waals surface area contributed by atoms with Crippen LogP contribution >= 0.6 is 0 Å². The zero-order valence-corrected chi connectivity index (χ0v) is 7.01. The van der Waals surface area contributed by atoms with Crippen molar-refractivity contribution in [2.24, 2.45) is 0 Å². The molecule has 10 heavy (non-hydrogen) atoms. The fraction of sp³-hybridized carbons (Fsp3) is 0.778. The van der Waals surface area contributed by atoms with E-state index in [9.17, 15) is 0 Å². The van der Waals surface area contributed by atoms with E-state index < -0.39 is 0 Å². The van der Waals surface area contributed by atoms with Gasteiger partial charge in [-0.3, -0.25) is 0 Å². The molecule has 60 valence electrons. The molecule has 1 unspecified atom stereocenters. The van der Waals surface area contributed by atoms with Gasteiger partial charge in [-0.15, -0.1) is 0 Å². The SMILES string of the molecule is CCCCC=CCC(C)O. The van der Waals surface area contributed by atoms with E-state index in [1.165, 1.54) is 12.8 Å². The van der Waals surface area contributed by atoms with Gasteiger partial charge in [0.1, 0.15) is 0 Å². The summed E-state index contributed by atoms with van der Waals surface area (Å²) in [6.45, 7) is 3.99. The molecular formula is C9H18O. The summed E-state index contributed by atoms with van der Waals surface area (Å²) in [7, 11) is 0. The largest absolute Gasteiger partial charge is 0.393 e. The minimum absolute atomic E-state index is 0.183. The first kappa shape index (κ1) is 9.70. The third-order valence-corrected chi connectivity index (χ3v) is 1.37. The van der Waals surface area contributed by atoms with E-state index in [4.69, 9.17) is 5.11 Å². The number of aliphatic hydroxyl groups excluding tert-OH is 1. The first-order valence-corrected chi connectivity index (χ1v) is 4.10. The summed E-state index contributed by atoms with van der Waals surface area (Å²) < 4.78 is 0. The molecule has 0 aliphatic carbocycles. The topological polar surface area (TPSA) is 20.2 Å². The van der Waals surface area contributed by atoms with Gasteiger partial charge in [-0.2, -0.15) is 0 Å². The Morgan fingerprint density at radius 3 is 2.60 bits per heavy atom. The predicted molar refractivity (Wildman–Crippen MR) is 45.0 cm³/mol. The molecule has 1 N–H and O–H groups in total. The van der Waals surface area contributed by atoms with Crippen LogP contribution in [0.5, 0.6) is 0 Å². The molecule has 1 atom stereocenters. The molecule has 0 saturated heterocycles. The molecule has 0 rings (SSSR count). The van der Waals surface area contributed by atoms with Crippen LogP contribution in [-0.4, -0.2) is 11.2 Å². The minimum atomic E-state index is -0.183. The zero-order valence-electron chi connectivity index (χ0n) is 7.01. The van der Waals surface area contributed by atoms with Crippen molar-refractivity contribution in [3.05, 3.63) is 12.2 Å². The van der Waals surface area contributed by atoms with Crippen molar-refractivity contribution in [2.45, 2.75) is 45.6 Å². The first-order chi connectivity index (χ1) is 4.77. The smallest absolute Gasteiger partial charge is 0.0546 e. The number of allylic oxidation sites excluding steroid dienone is 1. The molecule has 0 aromatic rings. The van der Waals surface area contributed by atoms with E-state index in [2.05, 4.69) is 19.1 Å². The Kier molecular flexibility index (Phi) is 6.61.